The van der Waals surface area contributed by atoms with Crippen LogP contribution in [-0.4, -0.2) is 11.5 Å². The van der Waals surface area contributed by atoms with Crippen LogP contribution in [0.1, 0.15) is 29.2 Å². The molecule has 1 heterocycles. The van der Waals surface area contributed by atoms with E-state index in [0.717, 1.165) is 23.0 Å². The first-order valence-corrected chi connectivity index (χ1v) is 7.31. The Hall–Kier alpha value is -0.900. The van der Waals surface area contributed by atoms with Crippen LogP contribution in [0.2, 0.25) is 5.02 Å². The first kappa shape index (κ1) is 13.5. The van der Waals surface area contributed by atoms with Crippen molar-refractivity contribution in [1.29, 1.82) is 0 Å². The predicted octanol–water partition coefficient (Wildman–Crippen LogP) is 4.00. The number of nitrogens with zero attached hydrogens (tertiary/aromatic N) is 1. The summed E-state index contributed by atoms with van der Waals surface area (Å²) < 4.78 is 0. The molecule has 18 heavy (non-hydrogen) atoms. The summed E-state index contributed by atoms with van der Waals surface area (Å²) in [7, 11) is 0. The monoisotopic (exact) mass is 280 g/mol. The lowest BCUT2D eigenvalue weighted by Gasteiger charge is -2.14. The van der Waals surface area contributed by atoms with Crippen molar-refractivity contribution in [2.75, 3.05) is 6.54 Å². The van der Waals surface area contributed by atoms with Gasteiger partial charge in [0.2, 0.25) is 0 Å². The second-order valence-corrected chi connectivity index (χ2v) is 5.84. The molecule has 0 aliphatic rings. The first-order chi connectivity index (χ1) is 8.65. The fraction of sp³-hybridized carbons (Fsp3) is 0.357. The van der Waals surface area contributed by atoms with Crippen molar-refractivity contribution in [3.8, 4) is 0 Å². The van der Waals surface area contributed by atoms with Crippen LogP contribution < -0.4 is 5.32 Å². The number of hydrogen-bond acceptors (Lipinski definition) is 3. The molecule has 1 N–H and O–H groups in total. The van der Waals surface area contributed by atoms with E-state index < -0.39 is 0 Å². The lowest BCUT2D eigenvalue weighted by atomic mass is 10.1. The van der Waals surface area contributed by atoms with E-state index in [0.29, 0.717) is 6.04 Å². The number of thiazole rings is 1. The molecule has 0 radical (unpaired) electrons. The third kappa shape index (κ3) is 3.80. The van der Waals surface area contributed by atoms with Crippen molar-refractivity contribution >= 4 is 22.9 Å². The molecule has 0 spiro atoms. The Balaban J connectivity index is 1.83. The lowest BCUT2D eigenvalue weighted by Crippen LogP contribution is -2.21. The van der Waals surface area contributed by atoms with Gasteiger partial charge in [-0.25, -0.2) is 4.98 Å². The van der Waals surface area contributed by atoms with Gasteiger partial charge in [0.1, 0.15) is 0 Å². The largest absolute Gasteiger partial charge is 0.310 e. The zero-order chi connectivity index (χ0) is 13.0. The number of hydrogen-bond donors (Lipinski definition) is 1. The standard InChI is InChI=1S/C14H17ClN2S/c1-10(12-4-3-5-13(15)8-12)16-7-6-14-9-18-11(2)17-14/h3-5,8-10,16H,6-7H2,1-2H3. The van der Waals surface area contributed by atoms with E-state index in [2.05, 4.69) is 28.7 Å². The van der Waals surface area contributed by atoms with E-state index in [-0.39, 0.29) is 0 Å². The third-order valence-electron chi connectivity index (χ3n) is 2.85. The molecule has 2 aromatic rings. The summed E-state index contributed by atoms with van der Waals surface area (Å²) in [6.07, 6.45) is 0.968. The highest BCUT2D eigenvalue weighted by molar-refractivity contribution is 7.09. The number of nitrogens with one attached hydrogen (secondary N) is 1. The van der Waals surface area contributed by atoms with Crippen molar-refractivity contribution in [2.24, 2.45) is 0 Å². The van der Waals surface area contributed by atoms with E-state index in [1.807, 2.05) is 25.1 Å². The summed E-state index contributed by atoms with van der Waals surface area (Å²) in [4.78, 5) is 4.45. The fourth-order valence-corrected chi connectivity index (χ4v) is 2.68. The zero-order valence-corrected chi connectivity index (χ0v) is 12.2. The van der Waals surface area contributed by atoms with Crippen LogP contribution in [0.3, 0.4) is 0 Å². The molecule has 0 saturated carbocycles. The fourth-order valence-electron chi connectivity index (χ4n) is 1.83. The molecule has 1 unspecified atom stereocenters. The molecule has 0 fully saturated rings. The first-order valence-electron chi connectivity index (χ1n) is 6.05. The van der Waals surface area contributed by atoms with Gasteiger partial charge in [-0.1, -0.05) is 23.7 Å². The highest BCUT2D eigenvalue weighted by atomic mass is 35.5. The minimum Gasteiger partial charge on any atom is -0.310 e. The van der Waals surface area contributed by atoms with Gasteiger partial charge in [0.05, 0.1) is 10.7 Å². The van der Waals surface area contributed by atoms with E-state index in [1.54, 1.807) is 11.3 Å². The van der Waals surface area contributed by atoms with Gasteiger partial charge in [-0.3, -0.25) is 0 Å². The van der Waals surface area contributed by atoms with Gasteiger partial charge in [-0.15, -0.1) is 11.3 Å². The maximum Gasteiger partial charge on any atom is 0.0897 e. The van der Waals surface area contributed by atoms with Gasteiger partial charge in [0.25, 0.3) is 0 Å². The quantitative estimate of drug-likeness (QED) is 0.895. The molecule has 0 amide bonds. The summed E-state index contributed by atoms with van der Waals surface area (Å²) in [5.74, 6) is 0. The topological polar surface area (TPSA) is 24.9 Å². The van der Waals surface area contributed by atoms with E-state index in [1.165, 1.54) is 11.3 Å². The summed E-state index contributed by atoms with van der Waals surface area (Å²) in [6, 6.07) is 8.29. The van der Waals surface area contributed by atoms with Gasteiger partial charge >= 0.3 is 0 Å². The summed E-state index contributed by atoms with van der Waals surface area (Å²) in [6.45, 7) is 5.12. The Labute approximate surface area is 117 Å². The number of halogens is 1. The van der Waals surface area contributed by atoms with Crippen LogP contribution in [0.4, 0.5) is 0 Å². The van der Waals surface area contributed by atoms with Gasteiger partial charge in [0.15, 0.2) is 0 Å². The molecule has 2 rings (SSSR count). The predicted molar refractivity (Wildman–Crippen MR) is 78.4 cm³/mol. The van der Waals surface area contributed by atoms with Gasteiger partial charge < -0.3 is 5.32 Å². The molecule has 0 saturated heterocycles. The average molecular weight is 281 g/mol. The number of aryl methyl sites for hydroxylation is 1. The molecule has 1 atom stereocenters. The average Bonchev–Trinajstić information content (AvgIpc) is 2.75. The Bertz CT molecular complexity index is 510. The molecular weight excluding hydrogens is 264 g/mol. The highest BCUT2D eigenvalue weighted by Gasteiger charge is 2.05. The lowest BCUT2D eigenvalue weighted by molar-refractivity contribution is 0.574. The Morgan fingerprint density at radius 1 is 1.44 bits per heavy atom. The molecule has 96 valence electrons. The van der Waals surface area contributed by atoms with Crippen LogP contribution in [0.25, 0.3) is 0 Å². The molecule has 0 bridgehead atoms. The normalized spacial score (nSPS) is 12.6. The smallest absolute Gasteiger partial charge is 0.0897 e. The van der Waals surface area contributed by atoms with Crippen LogP contribution in [0.15, 0.2) is 29.6 Å². The van der Waals surface area contributed by atoms with Crippen molar-refractivity contribution < 1.29 is 0 Å². The molecular formula is C14H17ClN2S. The number of aromatic nitrogens is 1. The second kappa shape index (κ2) is 6.32. The Morgan fingerprint density at radius 3 is 2.94 bits per heavy atom. The van der Waals surface area contributed by atoms with Crippen molar-refractivity contribution in [2.45, 2.75) is 26.3 Å². The van der Waals surface area contributed by atoms with Gasteiger partial charge in [-0.2, -0.15) is 0 Å². The second-order valence-electron chi connectivity index (χ2n) is 4.34. The SMILES string of the molecule is Cc1nc(CCNC(C)c2cccc(Cl)c2)cs1. The number of rotatable bonds is 5. The molecule has 0 aliphatic heterocycles. The van der Waals surface area contributed by atoms with E-state index in [9.17, 15) is 0 Å². The summed E-state index contributed by atoms with van der Waals surface area (Å²) in [5.41, 5.74) is 2.39. The molecule has 1 aromatic carbocycles. The summed E-state index contributed by atoms with van der Waals surface area (Å²) in [5, 5.41) is 7.54. The van der Waals surface area contributed by atoms with E-state index >= 15 is 0 Å². The Morgan fingerprint density at radius 2 is 2.28 bits per heavy atom. The molecule has 2 nitrogen and oxygen atoms in total. The van der Waals surface area contributed by atoms with Crippen LogP contribution >= 0.6 is 22.9 Å². The van der Waals surface area contributed by atoms with Gasteiger partial charge in [0, 0.05) is 29.4 Å². The third-order valence-corrected chi connectivity index (χ3v) is 3.90. The maximum atomic E-state index is 5.99. The zero-order valence-electron chi connectivity index (χ0n) is 10.6. The molecule has 1 aromatic heterocycles. The minimum atomic E-state index is 0.309. The van der Waals surface area contributed by atoms with Crippen LogP contribution in [0, 0.1) is 6.92 Å². The van der Waals surface area contributed by atoms with Crippen molar-refractivity contribution in [3.05, 3.63) is 50.9 Å². The van der Waals surface area contributed by atoms with Crippen LogP contribution in [0.5, 0.6) is 0 Å². The van der Waals surface area contributed by atoms with Crippen molar-refractivity contribution in [1.82, 2.24) is 10.3 Å². The van der Waals surface area contributed by atoms with Crippen LogP contribution in [-0.2, 0) is 6.42 Å². The highest BCUT2D eigenvalue weighted by Crippen LogP contribution is 2.17. The molecule has 4 heteroatoms. The van der Waals surface area contributed by atoms with Crippen molar-refractivity contribution in [3.63, 3.8) is 0 Å². The summed E-state index contributed by atoms with van der Waals surface area (Å²) >= 11 is 7.69. The number of benzene rings is 1. The van der Waals surface area contributed by atoms with E-state index in [4.69, 9.17) is 11.6 Å². The molecule has 0 aliphatic carbocycles. The van der Waals surface area contributed by atoms with Gasteiger partial charge in [-0.05, 0) is 31.5 Å². The Kier molecular flexibility index (Phi) is 4.75. The minimum absolute atomic E-state index is 0.309. The maximum absolute atomic E-state index is 5.99.